The van der Waals surface area contributed by atoms with Crippen molar-refractivity contribution >= 4 is 23.4 Å². The first kappa shape index (κ1) is 22.5. The highest BCUT2D eigenvalue weighted by atomic mass is 32.2. The molecule has 8 heteroatoms. The lowest BCUT2D eigenvalue weighted by molar-refractivity contribution is -0.119. The van der Waals surface area contributed by atoms with Gasteiger partial charge in [-0.25, -0.2) is 0 Å². The average Bonchev–Trinajstić information content (AvgIpc) is 3.19. The largest absolute Gasteiger partial charge is 0.497 e. The lowest BCUT2D eigenvalue weighted by Gasteiger charge is -2.25. The number of amides is 1. The number of aromatic nitrogens is 3. The molecule has 0 radical (unpaired) electrons. The van der Waals surface area contributed by atoms with Crippen LogP contribution in [0.4, 0.5) is 5.69 Å². The van der Waals surface area contributed by atoms with Gasteiger partial charge in [0.2, 0.25) is 5.91 Å². The standard InChI is InChI=1S/C22H33N5O2S/c1-4-16(2)24-21(28)15-30-22-26-25-20(27(22)18-10-6-5-7-11-18)14-23-17-9-8-12-19(13-17)29-3/h8-9,12-13,16,18,23H,4-7,10-11,14-15H2,1-3H3,(H,24,28). The van der Waals surface area contributed by atoms with Gasteiger partial charge in [0.05, 0.1) is 19.4 Å². The van der Waals surface area contributed by atoms with E-state index in [0.717, 1.165) is 41.7 Å². The number of rotatable bonds is 10. The van der Waals surface area contributed by atoms with Crippen LogP contribution in [0.5, 0.6) is 5.75 Å². The first-order valence-corrected chi connectivity index (χ1v) is 11.8. The van der Waals surface area contributed by atoms with Crippen LogP contribution in [0.3, 0.4) is 0 Å². The van der Waals surface area contributed by atoms with Crippen molar-refractivity contribution < 1.29 is 9.53 Å². The third-order valence-corrected chi connectivity index (χ3v) is 6.49. The molecule has 2 N–H and O–H groups in total. The van der Waals surface area contributed by atoms with Crippen molar-refractivity contribution in [1.82, 2.24) is 20.1 Å². The average molecular weight is 432 g/mol. The maximum atomic E-state index is 12.2. The number of hydrogen-bond acceptors (Lipinski definition) is 6. The van der Waals surface area contributed by atoms with Crippen LogP contribution in [-0.4, -0.2) is 39.6 Å². The summed E-state index contributed by atoms with van der Waals surface area (Å²) in [6, 6.07) is 8.46. The molecule has 0 aliphatic heterocycles. The smallest absolute Gasteiger partial charge is 0.230 e. The zero-order chi connectivity index (χ0) is 21.3. The van der Waals surface area contributed by atoms with Gasteiger partial charge >= 0.3 is 0 Å². The van der Waals surface area contributed by atoms with Gasteiger partial charge in [0.25, 0.3) is 0 Å². The van der Waals surface area contributed by atoms with Crippen molar-refractivity contribution in [2.24, 2.45) is 0 Å². The number of hydrogen-bond donors (Lipinski definition) is 2. The molecule has 1 aromatic heterocycles. The molecule has 1 aliphatic rings. The van der Waals surface area contributed by atoms with E-state index in [1.807, 2.05) is 31.2 Å². The molecule has 7 nitrogen and oxygen atoms in total. The monoisotopic (exact) mass is 431 g/mol. The Kier molecular flexibility index (Phi) is 8.42. The van der Waals surface area contributed by atoms with Gasteiger partial charge in [-0.1, -0.05) is 44.0 Å². The van der Waals surface area contributed by atoms with Gasteiger partial charge in [0.15, 0.2) is 11.0 Å². The van der Waals surface area contributed by atoms with Crippen molar-refractivity contribution in [3.05, 3.63) is 30.1 Å². The van der Waals surface area contributed by atoms with E-state index in [2.05, 4.69) is 32.3 Å². The molecule has 1 aliphatic carbocycles. The molecule has 1 amide bonds. The molecule has 1 unspecified atom stereocenters. The number of thioether (sulfide) groups is 1. The molecule has 3 rings (SSSR count). The first-order valence-electron chi connectivity index (χ1n) is 10.8. The summed E-state index contributed by atoms with van der Waals surface area (Å²) in [6.07, 6.45) is 6.94. The lowest BCUT2D eigenvalue weighted by atomic mass is 9.95. The van der Waals surface area contributed by atoms with E-state index in [9.17, 15) is 4.79 Å². The molecule has 1 aromatic carbocycles. The van der Waals surface area contributed by atoms with E-state index in [0.29, 0.717) is 18.3 Å². The summed E-state index contributed by atoms with van der Waals surface area (Å²) in [4.78, 5) is 12.2. The van der Waals surface area contributed by atoms with Crippen molar-refractivity contribution in [2.75, 3.05) is 18.2 Å². The van der Waals surface area contributed by atoms with Crippen LogP contribution < -0.4 is 15.4 Å². The Hall–Kier alpha value is -2.22. The van der Waals surface area contributed by atoms with E-state index in [-0.39, 0.29) is 11.9 Å². The number of ether oxygens (including phenoxy) is 1. The number of anilines is 1. The molecule has 0 spiro atoms. The Morgan fingerprint density at radius 3 is 2.83 bits per heavy atom. The Balaban J connectivity index is 1.71. The number of carbonyl (C=O) groups excluding carboxylic acids is 1. The third kappa shape index (κ3) is 6.14. The molecule has 0 bridgehead atoms. The highest BCUT2D eigenvalue weighted by Gasteiger charge is 2.23. The normalized spacial score (nSPS) is 15.6. The second-order valence-electron chi connectivity index (χ2n) is 7.81. The van der Waals surface area contributed by atoms with E-state index < -0.39 is 0 Å². The minimum atomic E-state index is 0.0450. The summed E-state index contributed by atoms with van der Waals surface area (Å²) in [5.74, 6) is 2.13. The number of nitrogens with one attached hydrogen (secondary N) is 2. The fourth-order valence-corrected chi connectivity index (χ4v) is 4.53. The predicted octanol–water partition coefficient (Wildman–Crippen LogP) is 4.41. The molecule has 1 atom stereocenters. The van der Waals surface area contributed by atoms with Crippen LogP contribution >= 0.6 is 11.8 Å². The second-order valence-corrected chi connectivity index (χ2v) is 8.75. The molecule has 30 heavy (non-hydrogen) atoms. The van der Waals surface area contributed by atoms with Crippen LogP contribution in [-0.2, 0) is 11.3 Å². The van der Waals surface area contributed by atoms with Crippen molar-refractivity contribution in [3.63, 3.8) is 0 Å². The van der Waals surface area contributed by atoms with Gasteiger partial charge in [-0.2, -0.15) is 0 Å². The summed E-state index contributed by atoms with van der Waals surface area (Å²) in [7, 11) is 1.67. The van der Waals surface area contributed by atoms with Crippen molar-refractivity contribution in [1.29, 1.82) is 0 Å². The molecule has 1 saturated carbocycles. The summed E-state index contributed by atoms with van der Waals surface area (Å²) < 4.78 is 7.56. The summed E-state index contributed by atoms with van der Waals surface area (Å²) in [5, 5.41) is 16.2. The number of nitrogens with zero attached hydrogens (tertiary/aromatic N) is 3. The Bertz CT molecular complexity index is 820. The van der Waals surface area contributed by atoms with Gasteiger partial charge in [-0.05, 0) is 38.3 Å². The summed E-state index contributed by atoms with van der Waals surface area (Å²) >= 11 is 1.48. The quantitative estimate of drug-likeness (QED) is 0.542. The molecular formula is C22H33N5O2S. The Labute approximate surface area is 183 Å². The van der Waals surface area contributed by atoms with Crippen LogP contribution in [0.2, 0.25) is 0 Å². The minimum Gasteiger partial charge on any atom is -0.497 e. The summed E-state index contributed by atoms with van der Waals surface area (Å²) in [5.41, 5.74) is 0.981. The maximum Gasteiger partial charge on any atom is 0.230 e. The predicted molar refractivity (Wildman–Crippen MR) is 121 cm³/mol. The molecule has 0 saturated heterocycles. The third-order valence-electron chi connectivity index (χ3n) is 5.55. The van der Waals surface area contributed by atoms with Gasteiger partial charge in [0.1, 0.15) is 5.75 Å². The van der Waals surface area contributed by atoms with Crippen molar-refractivity contribution in [2.45, 2.75) is 76.2 Å². The highest BCUT2D eigenvalue weighted by Crippen LogP contribution is 2.33. The molecule has 1 fully saturated rings. The van der Waals surface area contributed by atoms with E-state index >= 15 is 0 Å². The summed E-state index contributed by atoms with van der Waals surface area (Å²) in [6.45, 7) is 4.67. The topological polar surface area (TPSA) is 81.1 Å². The Morgan fingerprint density at radius 2 is 2.10 bits per heavy atom. The van der Waals surface area contributed by atoms with Gasteiger partial charge in [-0.3, -0.25) is 4.79 Å². The molecule has 164 valence electrons. The van der Waals surface area contributed by atoms with Crippen LogP contribution in [0.15, 0.2) is 29.4 Å². The Morgan fingerprint density at radius 1 is 1.30 bits per heavy atom. The fourth-order valence-electron chi connectivity index (χ4n) is 3.70. The second kappa shape index (κ2) is 11.2. The van der Waals surface area contributed by atoms with Gasteiger partial charge in [0, 0.05) is 23.8 Å². The van der Waals surface area contributed by atoms with Crippen LogP contribution in [0.25, 0.3) is 0 Å². The molecule has 2 aromatic rings. The highest BCUT2D eigenvalue weighted by molar-refractivity contribution is 7.99. The fraction of sp³-hybridized carbons (Fsp3) is 0.591. The zero-order valence-corrected chi connectivity index (χ0v) is 19.0. The van der Waals surface area contributed by atoms with E-state index in [4.69, 9.17) is 4.74 Å². The van der Waals surface area contributed by atoms with E-state index in [1.54, 1.807) is 7.11 Å². The molecular weight excluding hydrogens is 398 g/mol. The van der Waals surface area contributed by atoms with Gasteiger partial charge in [-0.15, -0.1) is 10.2 Å². The zero-order valence-electron chi connectivity index (χ0n) is 18.2. The first-order chi connectivity index (χ1) is 14.6. The number of benzene rings is 1. The van der Waals surface area contributed by atoms with Crippen LogP contribution in [0.1, 0.15) is 64.2 Å². The number of methoxy groups -OCH3 is 1. The maximum absolute atomic E-state index is 12.2. The molecule has 1 heterocycles. The van der Waals surface area contributed by atoms with Gasteiger partial charge < -0.3 is 19.9 Å². The minimum absolute atomic E-state index is 0.0450. The lowest BCUT2D eigenvalue weighted by Crippen LogP contribution is -2.33. The van der Waals surface area contributed by atoms with E-state index in [1.165, 1.54) is 31.0 Å². The van der Waals surface area contributed by atoms with Crippen molar-refractivity contribution in [3.8, 4) is 5.75 Å². The number of carbonyl (C=O) groups is 1. The SMILES string of the molecule is CCC(C)NC(=O)CSc1nnc(CNc2cccc(OC)c2)n1C1CCCCC1. The van der Waals surface area contributed by atoms with Crippen LogP contribution in [0, 0.1) is 0 Å².